The molecule has 1 amide bonds. The maximum absolute atomic E-state index is 13.0. The number of piperidine rings is 1. The predicted molar refractivity (Wildman–Crippen MR) is 113 cm³/mol. The van der Waals surface area contributed by atoms with E-state index < -0.39 is 0 Å². The molecule has 27 heavy (non-hydrogen) atoms. The summed E-state index contributed by atoms with van der Waals surface area (Å²) in [6, 6.07) is 6.77. The van der Waals surface area contributed by atoms with Gasteiger partial charge in [0.15, 0.2) is 0 Å². The smallest absolute Gasteiger partial charge is 0.236 e. The van der Waals surface area contributed by atoms with Crippen LogP contribution < -0.4 is 10.6 Å². The SMILES string of the molecule is CC1(C)CN(CC(=O)N2CCN(c3ccc(F)cc3)CC2)CCC1N.Cl.Cl. The van der Waals surface area contributed by atoms with E-state index in [1.807, 2.05) is 4.90 Å². The van der Waals surface area contributed by atoms with Crippen LogP contribution in [0.25, 0.3) is 0 Å². The summed E-state index contributed by atoms with van der Waals surface area (Å²) < 4.78 is 13.0. The lowest BCUT2D eigenvalue weighted by molar-refractivity contribution is -0.133. The van der Waals surface area contributed by atoms with E-state index in [0.29, 0.717) is 19.6 Å². The second-order valence-corrected chi connectivity index (χ2v) is 7.94. The molecule has 1 unspecified atom stereocenters. The van der Waals surface area contributed by atoms with E-state index in [1.165, 1.54) is 12.1 Å². The molecule has 1 aromatic rings. The average molecular weight is 421 g/mol. The normalized spacial score (nSPS) is 22.6. The molecule has 154 valence electrons. The van der Waals surface area contributed by atoms with Gasteiger partial charge in [-0.05, 0) is 36.1 Å². The standard InChI is InChI=1S/C19H29FN4O.2ClH/c1-19(2)14-22(8-7-17(19)21)13-18(25)24-11-9-23(10-12-24)16-5-3-15(20)4-6-16;;/h3-6,17H,7-14,21H2,1-2H3;2*1H. The molecule has 2 saturated heterocycles. The van der Waals surface area contributed by atoms with Crippen LogP contribution in [0.3, 0.4) is 0 Å². The van der Waals surface area contributed by atoms with Crippen LogP contribution in [0.15, 0.2) is 24.3 Å². The maximum atomic E-state index is 13.0. The number of rotatable bonds is 3. The second kappa shape index (κ2) is 9.92. The molecule has 0 spiro atoms. The third kappa shape index (κ3) is 5.95. The highest BCUT2D eigenvalue weighted by atomic mass is 35.5. The Kier molecular flexibility index (Phi) is 8.80. The summed E-state index contributed by atoms with van der Waals surface area (Å²) in [6.45, 7) is 9.60. The molecule has 0 aromatic heterocycles. The van der Waals surface area contributed by atoms with Gasteiger partial charge in [0.1, 0.15) is 5.82 Å². The van der Waals surface area contributed by atoms with Crippen molar-refractivity contribution in [2.24, 2.45) is 11.1 Å². The first-order chi connectivity index (χ1) is 11.8. The van der Waals surface area contributed by atoms with Crippen molar-refractivity contribution < 1.29 is 9.18 Å². The summed E-state index contributed by atoms with van der Waals surface area (Å²) >= 11 is 0. The number of hydrogen-bond donors (Lipinski definition) is 1. The number of benzene rings is 1. The molecule has 5 nitrogen and oxygen atoms in total. The van der Waals surface area contributed by atoms with Crippen molar-refractivity contribution >= 4 is 36.4 Å². The van der Waals surface area contributed by atoms with Crippen LogP contribution in [0, 0.1) is 11.2 Å². The largest absolute Gasteiger partial charge is 0.368 e. The van der Waals surface area contributed by atoms with Gasteiger partial charge in [-0.3, -0.25) is 9.69 Å². The summed E-state index contributed by atoms with van der Waals surface area (Å²) in [4.78, 5) is 19.0. The molecule has 0 radical (unpaired) electrons. The van der Waals surface area contributed by atoms with Gasteiger partial charge in [-0.15, -0.1) is 24.8 Å². The molecule has 0 saturated carbocycles. The van der Waals surface area contributed by atoms with Crippen molar-refractivity contribution in [1.82, 2.24) is 9.80 Å². The van der Waals surface area contributed by atoms with Gasteiger partial charge in [-0.1, -0.05) is 13.8 Å². The minimum absolute atomic E-state index is 0. The van der Waals surface area contributed by atoms with E-state index in [2.05, 4.69) is 23.6 Å². The molecule has 2 heterocycles. The molecule has 2 aliphatic rings. The van der Waals surface area contributed by atoms with Crippen molar-refractivity contribution in [2.45, 2.75) is 26.3 Å². The fraction of sp³-hybridized carbons (Fsp3) is 0.632. The number of hydrogen-bond acceptors (Lipinski definition) is 4. The van der Waals surface area contributed by atoms with Crippen LogP contribution in [-0.4, -0.2) is 67.6 Å². The van der Waals surface area contributed by atoms with Gasteiger partial charge >= 0.3 is 0 Å². The number of carbonyl (C=O) groups excluding carboxylic acids is 1. The summed E-state index contributed by atoms with van der Waals surface area (Å²) in [5, 5.41) is 0. The summed E-state index contributed by atoms with van der Waals surface area (Å²) in [6.07, 6.45) is 0.943. The summed E-state index contributed by atoms with van der Waals surface area (Å²) in [5.74, 6) is -0.0215. The first-order valence-corrected chi connectivity index (χ1v) is 9.11. The summed E-state index contributed by atoms with van der Waals surface area (Å²) in [7, 11) is 0. The lowest BCUT2D eigenvalue weighted by Crippen LogP contribution is -2.56. The van der Waals surface area contributed by atoms with Gasteiger partial charge in [-0.25, -0.2) is 4.39 Å². The van der Waals surface area contributed by atoms with Gasteiger partial charge < -0.3 is 15.5 Å². The Hall–Kier alpha value is -1.08. The molecular formula is C19H31Cl2FN4O. The Morgan fingerprint density at radius 1 is 1.11 bits per heavy atom. The van der Waals surface area contributed by atoms with Crippen LogP contribution in [0.4, 0.5) is 10.1 Å². The third-order valence-electron chi connectivity index (χ3n) is 5.57. The van der Waals surface area contributed by atoms with E-state index in [9.17, 15) is 9.18 Å². The van der Waals surface area contributed by atoms with Gasteiger partial charge in [0, 0.05) is 51.0 Å². The van der Waals surface area contributed by atoms with Crippen molar-refractivity contribution in [3.63, 3.8) is 0 Å². The third-order valence-corrected chi connectivity index (χ3v) is 5.57. The van der Waals surface area contributed by atoms with Crippen LogP contribution in [0.5, 0.6) is 0 Å². The fourth-order valence-electron chi connectivity index (χ4n) is 3.78. The zero-order valence-electron chi connectivity index (χ0n) is 16.1. The summed E-state index contributed by atoms with van der Waals surface area (Å²) in [5.41, 5.74) is 7.25. The molecular weight excluding hydrogens is 390 g/mol. The van der Waals surface area contributed by atoms with Gasteiger partial charge in [-0.2, -0.15) is 0 Å². The fourth-order valence-corrected chi connectivity index (χ4v) is 3.78. The topological polar surface area (TPSA) is 52.8 Å². The van der Waals surface area contributed by atoms with Crippen molar-refractivity contribution in [3.8, 4) is 0 Å². The van der Waals surface area contributed by atoms with Crippen molar-refractivity contribution in [2.75, 3.05) is 50.7 Å². The number of likely N-dealkylation sites (tertiary alicyclic amines) is 1. The number of amides is 1. The highest BCUT2D eigenvalue weighted by Crippen LogP contribution is 2.27. The van der Waals surface area contributed by atoms with E-state index >= 15 is 0 Å². The Morgan fingerprint density at radius 3 is 2.26 bits per heavy atom. The monoisotopic (exact) mass is 420 g/mol. The molecule has 8 heteroatoms. The first-order valence-electron chi connectivity index (χ1n) is 9.11. The molecule has 1 aromatic carbocycles. The van der Waals surface area contributed by atoms with Crippen molar-refractivity contribution in [1.29, 1.82) is 0 Å². The minimum atomic E-state index is -0.221. The van der Waals surface area contributed by atoms with Gasteiger partial charge in [0.25, 0.3) is 0 Å². The predicted octanol–water partition coefficient (Wildman–Crippen LogP) is 2.38. The Labute approximate surface area is 173 Å². The van der Waals surface area contributed by atoms with Crippen LogP contribution in [0.2, 0.25) is 0 Å². The highest BCUT2D eigenvalue weighted by Gasteiger charge is 2.34. The number of anilines is 1. The van der Waals surface area contributed by atoms with E-state index in [1.54, 1.807) is 12.1 Å². The highest BCUT2D eigenvalue weighted by molar-refractivity contribution is 5.85. The van der Waals surface area contributed by atoms with Crippen LogP contribution in [-0.2, 0) is 4.79 Å². The number of nitrogens with two attached hydrogens (primary N) is 1. The van der Waals surface area contributed by atoms with E-state index in [-0.39, 0.29) is 48.0 Å². The lowest BCUT2D eigenvalue weighted by Gasteiger charge is -2.43. The van der Waals surface area contributed by atoms with Gasteiger partial charge in [0.05, 0.1) is 6.54 Å². The number of carbonyl (C=O) groups is 1. The number of piperazine rings is 1. The quantitative estimate of drug-likeness (QED) is 0.815. The molecule has 0 bridgehead atoms. The van der Waals surface area contributed by atoms with E-state index in [0.717, 1.165) is 38.3 Å². The van der Waals surface area contributed by atoms with Crippen molar-refractivity contribution in [3.05, 3.63) is 30.1 Å². The lowest BCUT2D eigenvalue weighted by atomic mass is 9.80. The Bertz CT molecular complexity index is 606. The average Bonchev–Trinajstić information content (AvgIpc) is 2.59. The molecule has 3 rings (SSSR count). The molecule has 2 aliphatic heterocycles. The molecule has 1 atom stereocenters. The van der Waals surface area contributed by atoms with Crippen LogP contribution in [0.1, 0.15) is 20.3 Å². The zero-order chi connectivity index (χ0) is 18.0. The zero-order valence-corrected chi connectivity index (χ0v) is 17.7. The Balaban J connectivity index is 0.00000182. The van der Waals surface area contributed by atoms with E-state index in [4.69, 9.17) is 5.73 Å². The Morgan fingerprint density at radius 2 is 1.70 bits per heavy atom. The molecule has 2 fully saturated rings. The number of nitrogens with zero attached hydrogens (tertiary/aromatic N) is 3. The number of halogens is 3. The van der Waals surface area contributed by atoms with Gasteiger partial charge in [0.2, 0.25) is 5.91 Å². The first kappa shape index (κ1) is 24.0. The second-order valence-electron chi connectivity index (χ2n) is 7.94. The molecule has 0 aliphatic carbocycles. The molecule has 2 N–H and O–H groups in total. The maximum Gasteiger partial charge on any atom is 0.236 e. The minimum Gasteiger partial charge on any atom is -0.368 e. The van der Waals surface area contributed by atoms with Crippen LogP contribution >= 0.6 is 24.8 Å².